The van der Waals surface area contributed by atoms with Crippen LogP contribution in [-0.2, 0) is 0 Å². The molecule has 1 saturated carbocycles. The molecule has 1 fully saturated rings. The molecule has 0 spiro atoms. The van der Waals surface area contributed by atoms with Gasteiger partial charge in [-0.15, -0.1) is 5.10 Å². The van der Waals surface area contributed by atoms with E-state index in [0.717, 1.165) is 11.5 Å². The van der Waals surface area contributed by atoms with Gasteiger partial charge in [-0.1, -0.05) is 13.8 Å². The van der Waals surface area contributed by atoms with Gasteiger partial charge in [-0.2, -0.15) is 5.10 Å². The number of aromatic nitrogens is 2. The molecule has 3 heteroatoms. The minimum absolute atomic E-state index is 0.659. The Morgan fingerprint density at radius 1 is 1.23 bits per heavy atom. The van der Waals surface area contributed by atoms with Crippen molar-refractivity contribution in [2.24, 2.45) is 0 Å². The molecule has 1 aliphatic carbocycles. The summed E-state index contributed by atoms with van der Waals surface area (Å²) in [6.45, 7) is 5.94. The Hall–Kier alpha value is -1.12. The van der Waals surface area contributed by atoms with Crippen LogP contribution in [0, 0.1) is 6.92 Å². The molecule has 1 heterocycles. The van der Waals surface area contributed by atoms with E-state index in [9.17, 15) is 0 Å². The second-order valence-electron chi connectivity index (χ2n) is 2.98. The minimum Gasteiger partial charge on any atom is -0.366 e. The summed E-state index contributed by atoms with van der Waals surface area (Å²) in [4.78, 5) is 0. The Morgan fingerprint density at radius 3 is 2.38 bits per heavy atom. The lowest BCUT2D eigenvalue weighted by atomic mass is 10.4. The smallest absolute Gasteiger partial charge is 0.148 e. The molecule has 72 valence electrons. The highest BCUT2D eigenvalue weighted by molar-refractivity contribution is 5.35. The molecule has 13 heavy (non-hydrogen) atoms. The zero-order valence-corrected chi connectivity index (χ0v) is 8.54. The number of hydrogen-bond acceptors (Lipinski definition) is 3. The summed E-state index contributed by atoms with van der Waals surface area (Å²) >= 11 is 0. The number of nitrogens with zero attached hydrogens (tertiary/aromatic N) is 2. The molecular formula is C10H17N3. The summed E-state index contributed by atoms with van der Waals surface area (Å²) in [5, 5.41) is 11.2. The van der Waals surface area contributed by atoms with Crippen LogP contribution in [-0.4, -0.2) is 16.2 Å². The summed E-state index contributed by atoms with van der Waals surface area (Å²) in [7, 11) is 0. The van der Waals surface area contributed by atoms with E-state index in [1.54, 1.807) is 0 Å². The van der Waals surface area contributed by atoms with Crippen molar-refractivity contribution in [1.82, 2.24) is 10.2 Å². The Bertz CT molecular complexity index is 239. The lowest BCUT2D eigenvalue weighted by molar-refractivity contribution is 0.962. The van der Waals surface area contributed by atoms with E-state index >= 15 is 0 Å². The van der Waals surface area contributed by atoms with Crippen LogP contribution in [0.5, 0.6) is 0 Å². The van der Waals surface area contributed by atoms with Crippen LogP contribution in [0.15, 0.2) is 12.1 Å². The molecule has 0 bridgehead atoms. The van der Waals surface area contributed by atoms with Crippen molar-refractivity contribution in [3.05, 3.63) is 17.8 Å². The molecule has 1 N–H and O–H groups in total. The van der Waals surface area contributed by atoms with Crippen LogP contribution in [0.1, 0.15) is 32.4 Å². The van der Waals surface area contributed by atoms with Crippen molar-refractivity contribution in [1.29, 1.82) is 0 Å². The number of hydrogen-bond donors (Lipinski definition) is 1. The molecular weight excluding hydrogens is 162 g/mol. The molecule has 0 aliphatic heterocycles. The van der Waals surface area contributed by atoms with E-state index in [0.29, 0.717) is 6.04 Å². The monoisotopic (exact) mass is 179 g/mol. The fraction of sp³-hybridized carbons (Fsp3) is 0.600. The number of aryl methyl sites for hydroxylation is 1. The normalized spacial score (nSPS) is 14.4. The lowest BCUT2D eigenvalue weighted by Gasteiger charge is -2.00. The largest absolute Gasteiger partial charge is 0.366 e. The second-order valence-corrected chi connectivity index (χ2v) is 2.98. The fourth-order valence-electron chi connectivity index (χ4n) is 0.913. The maximum absolute atomic E-state index is 4.00. The van der Waals surface area contributed by atoms with Crippen LogP contribution < -0.4 is 5.32 Å². The van der Waals surface area contributed by atoms with E-state index in [1.165, 1.54) is 12.8 Å². The molecule has 2 rings (SSSR count). The molecule has 1 aliphatic rings. The van der Waals surface area contributed by atoms with Crippen LogP contribution in [0.2, 0.25) is 0 Å². The highest BCUT2D eigenvalue weighted by Crippen LogP contribution is 2.22. The van der Waals surface area contributed by atoms with Gasteiger partial charge in [0.15, 0.2) is 0 Å². The van der Waals surface area contributed by atoms with E-state index in [2.05, 4.69) is 15.5 Å². The highest BCUT2D eigenvalue weighted by atomic mass is 15.2. The second kappa shape index (κ2) is 4.80. The summed E-state index contributed by atoms with van der Waals surface area (Å²) in [6, 6.07) is 4.60. The molecule has 0 unspecified atom stereocenters. The van der Waals surface area contributed by atoms with Gasteiger partial charge in [-0.3, -0.25) is 0 Å². The predicted molar refractivity (Wildman–Crippen MR) is 54.8 cm³/mol. The molecule has 0 atom stereocenters. The summed E-state index contributed by atoms with van der Waals surface area (Å²) in [6.07, 6.45) is 2.55. The number of nitrogens with one attached hydrogen (secondary N) is 1. The highest BCUT2D eigenvalue weighted by Gasteiger charge is 2.20. The average Bonchev–Trinajstić information content (AvgIpc) is 2.96. The van der Waals surface area contributed by atoms with Crippen LogP contribution >= 0.6 is 0 Å². The van der Waals surface area contributed by atoms with E-state index < -0.39 is 0 Å². The van der Waals surface area contributed by atoms with Gasteiger partial charge < -0.3 is 5.32 Å². The Balaban J connectivity index is 0.000000396. The maximum atomic E-state index is 4.00. The summed E-state index contributed by atoms with van der Waals surface area (Å²) in [5.41, 5.74) is 0.964. The van der Waals surface area contributed by atoms with Gasteiger partial charge in [0.1, 0.15) is 5.82 Å². The Morgan fingerprint density at radius 2 is 1.92 bits per heavy atom. The van der Waals surface area contributed by atoms with E-state index in [-0.39, 0.29) is 0 Å². The van der Waals surface area contributed by atoms with Crippen molar-refractivity contribution < 1.29 is 0 Å². The molecule has 0 amide bonds. The van der Waals surface area contributed by atoms with Gasteiger partial charge in [-0.05, 0) is 31.9 Å². The molecule has 3 nitrogen and oxygen atoms in total. The van der Waals surface area contributed by atoms with Gasteiger partial charge in [0.05, 0.1) is 5.69 Å². The summed E-state index contributed by atoms with van der Waals surface area (Å²) in [5.74, 6) is 0.901. The molecule has 0 aromatic carbocycles. The molecule has 0 saturated heterocycles. The van der Waals surface area contributed by atoms with Gasteiger partial charge in [0, 0.05) is 6.04 Å². The Kier molecular flexibility index (Phi) is 3.68. The van der Waals surface area contributed by atoms with Gasteiger partial charge >= 0.3 is 0 Å². The SMILES string of the molecule is CC.Cc1ccc(NC2CC2)nn1. The van der Waals surface area contributed by atoms with Crippen LogP contribution in [0.3, 0.4) is 0 Å². The maximum Gasteiger partial charge on any atom is 0.148 e. The van der Waals surface area contributed by atoms with Gasteiger partial charge in [0.2, 0.25) is 0 Å². The molecule has 1 aromatic rings. The zero-order chi connectivity index (χ0) is 9.68. The van der Waals surface area contributed by atoms with Gasteiger partial charge in [-0.25, -0.2) is 0 Å². The first-order valence-corrected chi connectivity index (χ1v) is 4.91. The first kappa shape index (κ1) is 9.96. The van der Waals surface area contributed by atoms with Crippen molar-refractivity contribution in [3.8, 4) is 0 Å². The molecule has 0 radical (unpaired) electrons. The lowest BCUT2D eigenvalue weighted by Crippen LogP contribution is -2.03. The summed E-state index contributed by atoms with van der Waals surface area (Å²) < 4.78 is 0. The van der Waals surface area contributed by atoms with Crippen molar-refractivity contribution >= 4 is 5.82 Å². The van der Waals surface area contributed by atoms with Crippen molar-refractivity contribution in [3.63, 3.8) is 0 Å². The van der Waals surface area contributed by atoms with Crippen LogP contribution in [0.25, 0.3) is 0 Å². The third-order valence-electron chi connectivity index (χ3n) is 1.73. The zero-order valence-electron chi connectivity index (χ0n) is 8.54. The third-order valence-corrected chi connectivity index (χ3v) is 1.73. The topological polar surface area (TPSA) is 37.8 Å². The van der Waals surface area contributed by atoms with Crippen molar-refractivity contribution in [2.45, 2.75) is 39.7 Å². The number of rotatable bonds is 2. The fourth-order valence-corrected chi connectivity index (χ4v) is 0.913. The van der Waals surface area contributed by atoms with Crippen LogP contribution in [0.4, 0.5) is 5.82 Å². The van der Waals surface area contributed by atoms with Gasteiger partial charge in [0.25, 0.3) is 0 Å². The number of anilines is 1. The first-order chi connectivity index (χ1) is 6.34. The Labute approximate surface area is 79.6 Å². The standard InChI is InChI=1S/C8H11N3.C2H6/c1-6-2-5-8(11-10-6)9-7-3-4-7;1-2/h2,5,7H,3-4H2,1H3,(H,9,11);1-2H3. The minimum atomic E-state index is 0.659. The van der Waals surface area contributed by atoms with Crippen molar-refractivity contribution in [2.75, 3.05) is 5.32 Å². The van der Waals surface area contributed by atoms with E-state index in [1.807, 2.05) is 32.9 Å². The third kappa shape index (κ3) is 3.40. The predicted octanol–water partition coefficient (Wildman–Crippen LogP) is 2.39. The quantitative estimate of drug-likeness (QED) is 0.757. The average molecular weight is 179 g/mol. The first-order valence-electron chi connectivity index (χ1n) is 4.91. The van der Waals surface area contributed by atoms with E-state index in [4.69, 9.17) is 0 Å². The molecule has 1 aromatic heterocycles.